The van der Waals surface area contributed by atoms with Crippen LogP contribution in [-0.2, 0) is 24.2 Å². The molecular formula is C27H30N4O2. The van der Waals surface area contributed by atoms with Crippen LogP contribution < -0.4 is 0 Å². The summed E-state index contributed by atoms with van der Waals surface area (Å²) in [5.74, 6) is 0.0254. The largest absolute Gasteiger partial charge is 0.357 e. The molecule has 2 aromatic carbocycles. The quantitative estimate of drug-likeness (QED) is 0.623. The summed E-state index contributed by atoms with van der Waals surface area (Å²) in [7, 11) is 0. The summed E-state index contributed by atoms with van der Waals surface area (Å²) in [4.78, 5) is 36.6. The number of urea groups is 1. The molecule has 1 spiro atoms. The van der Waals surface area contributed by atoms with E-state index in [2.05, 4.69) is 46.3 Å². The fourth-order valence-corrected chi connectivity index (χ4v) is 6.24. The number of likely N-dealkylation sites (tertiary alicyclic amines) is 1. The maximum Gasteiger partial charge on any atom is 0.327 e. The SMILES string of the molecule is CCN1C(=O)N(C2Cc3ccccc3C2)C(=O)C12CCN(Cc1cc3ccccc3[nH]1)CC2. The van der Waals surface area contributed by atoms with E-state index in [9.17, 15) is 9.59 Å². The maximum absolute atomic E-state index is 13.8. The van der Waals surface area contributed by atoms with Crippen molar-refractivity contribution in [3.8, 4) is 0 Å². The first-order valence-corrected chi connectivity index (χ1v) is 12.1. The highest BCUT2D eigenvalue weighted by molar-refractivity contribution is 6.07. The lowest BCUT2D eigenvalue weighted by molar-refractivity contribution is -0.137. The van der Waals surface area contributed by atoms with Gasteiger partial charge in [-0.2, -0.15) is 0 Å². The van der Waals surface area contributed by atoms with Gasteiger partial charge in [-0.05, 0) is 61.3 Å². The number of nitrogens with zero attached hydrogens (tertiary/aromatic N) is 3. The number of likely N-dealkylation sites (N-methyl/N-ethyl adjacent to an activating group) is 1. The van der Waals surface area contributed by atoms with Crippen LogP contribution in [0.5, 0.6) is 0 Å². The van der Waals surface area contributed by atoms with Gasteiger partial charge in [-0.15, -0.1) is 0 Å². The van der Waals surface area contributed by atoms with Gasteiger partial charge in [-0.25, -0.2) is 4.79 Å². The lowest BCUT2D eigenvalue weighted by atomic mass is 9.85. The number of H-pyrrole nitrogens is 1. The van der Waals surface area contributed by atoms with E-state index in [1.807, 2.05) is 30.0 Å². The maximum atomic E-state index is 13.8. The van der Waals surface area contributed by atoms with Gasteiger partial charge < -0.3 is 9.88 Å². The van der Waals surface area contributed by atoms with Crippen LogP contribution in [0.25, 0.3) is 10.9 Å². The fourth-order valence-electron chi connectivity index (χ4n) is 6.24. The molecule has 33 heavy (non-hydrogen) atoms. The number of nitrogens with one attached hydrogen (secondary N) is 1. The Hall–Kier alpha value is -3.12. The lowest BCUT2D eigenvalue weighted by Crippen LogP contribution is -2.56. The highest BCUT2D eigenvalue weighted by atomic mass is 16.2. The Morgan fingerprint density at radius 3 is 2.30 bits per heavy atom. The van der Waals surface area contributed by atoms with E-state index in [-0.39, 0.29) is 18.0 Å². The Labute approximate surface area is 194 Å². The first kappa shape index (κ1) is 20.5. The summed E-state index contributed by atoms with van der Waals surface area (Å²) < 4.78 is 0. The monoisotopic (exact) mass is 442 g/mol. The normalized spacial score (nSPS) is 21.0. The highest BCUT2D eigenvalue weighted by Gasteiger charge is 2.59. The minimum absolute atomic E-state index is 0.0254. The molecule has 3 aromatic rings. The van der Waals surface area contributed by atoms with Crippen LogP contribution in [0.4, 0.5) is 4.79 Å². The summed E-state index contributed by atoms with van der Waals surface area (Å²) >= 11 is 0. The molecule has 0 saturated carbocycles. The zero-order chi connectivity index (χ0) is 22.6. The van der Waals surface area contributed by atoms with Crippen molar-refractivity contribution in [2.24, 2.45) is 0 Å². The number of carbonyl (C=O) groups is 2. The van der Waals surface area contributed by atoms with Crippen LogP contribution in [-0.4, -0.2) is 62.8 Å². The van der Waals surface area contributed by atoms with E-state index in [1.54, 1.807) is 4.90 Å². The van der Waals surface area contributed by atoms with E-state index < -0.39 is 5.54 Å². The van der Waals surface area contributed by atoms with Gasteiger partial charge in [0.2, 0.25) is 0 Å². The van der Waals surface area contributed by atoms with Crippen molar-refractivity contribution < 1.29 is 9.59 Å². The van der Waals surface area contributed by atoms with Crippen molar-refractivity contribution in [3.05, 3.63) is 71.4 Å². The fraction of sp³-hybridized carbons (Fsp3) is 0.407. The summed E-state index contributed by atoms with van der Waals surface area (Å²) in [6.07, 6.45) is 2.94. The van der Waals surface area contributed by atoms with Crippen LogP contribution in [0.15, 0.2) is 54.6 Å². The van der Waals surface area contributed by atoms with Crippen LogP contribution in [0, 0.1) is 0 Å². The number of piperidine rings is 1. The number of aromatic amines is 1. The number of hydrogen-bond acceptors (Lipinski definition) is 3. The van der Waals surface area contributed by atoms with E-state index in [0.717, 1.165) is 38.0 Å². The average molecular weight is 443 g/mol. The standard InChI is InChI=1S/C27H30N4O2/c1-2-30-26(33)31(23-16-19-7-3-4-8-20(19)17-23)25(32)27(30)11-13-29(14-12-27)18-22-15-21-9-5-6-10-24(21)28-22/h3-10,15,23,28H,2,11-14,16-18H2,1H3. The van der Waals surface area contributed by atoms with Gasteiger partial charge in [-0.1, -0.05) is 42.5 Å². The van der Waals surface area contributed by atoms with E-state index in [1.165, 1.54) is 22.2 Å². The number of fused-ring (bicyclic) bond motifs is 2. The number of imide groups is 1. The molecule has 2 aliphatic heterocycles. The second kappa shape index (κ2) is 7.73. The molecule has 6 heteroatoms. The van der Waals surface area contributed by atoms with Crippen LogP contribution >= 0.6 is 0 Å². The Morgan fingerprint density at radius 1 is 0.970 bits per heavy atom. The molecule has 1 aromatic heterocycles. The van der Waals surface area contributed by atoms with Crippen LogP contribution in [0.3, 0.4) is 0 Å². The molecule has 3 aliphatic rings. The number of benzene rings is 2. The summed E-state index contributed by atoms with van der Waals surface area (Å²) in [6, 6.07) is 18.7. The van der Waals surface area contributed by atoms with Crippen molar-refractivity contribution in [2.75, 3.05) is 19.6 Å². The topological polar surface area (TPSA) is 59.7 Å². The summed E-state index contributed by atoms with van der Waals surface area (Å²) in [6.45, 7) is 5.02. The van der Waals surface area contributed by atoms with Gasteiger partial charge >= 0.3 is 6.03 Å². The third kappa shape index (κ3) is 3.19. The van der Waals surface area contributed by atoms with Gasteiger partial charge in [0.05, 0.1) is 0 Å². The molecular weight excluding hydrogens is 412 g/mol. The Morgan fingerprint density at radius 2 is 1.64 bits per heavy atom. The average Bonchev–Trinajstić information content (AvgIpc) is 3.48. The Bertz CT molecular complexity index is 1170. The van der Waals surface area contributed by atoms with Gasteiger partial charge in [0.25, 0.3) is 5.91 Å². The van der Waals surface area contributed by atoms with Crippen LogP contribution in [0.1, 0.15) is 36.6 Å². The molecule has 0 atom stereocenters. The Kier molecular flexibility index (Phi) is 4.80. The predicted octanol–water partition coefficient (Wildman–Crippen LogP) is 3.95. The molecule has 0 unspecified atom stereocenters. The summed E-state index contributed by atoms with van der Waals surface area (Å²) in [5, 5.41) is 1.22. The van der Waals surface area contributed by atoms with Gasteiger partial charge in [0, 0.05) is 43.4 Å². The number of aromatic nitrogens is 1. The number of amides is 3. The molecule has 3 heterocycles. The third-order valence-electron chi connectivity index (χ3n) is 7.94. The number of carbonyl (C=O) groups excluding carboxylic acids is 2. The molecule has 6 nitrogen and oxygen atoms in total. The zero-order valence-corrected chi connectivity index (χ0v) is 19.1. The van der Waals surface area contributed by atoms with E-state index in [0.29, 0.717) is 19.4 Å². The Balaban J connectivity index is 1.19. The number of rotatable bonds is 4. The second-order valence-corrected chi connectivity index (χ2v) is 9.72. The molecule has 170 valence electrons. The predicted molar refractivity (Wildman–Crippen MR) is 128 cm³/mol. The third-order valence-corrected chi connectivity index (χ3v) is 7.94. The first-order chi connectivity index (χ1) is 16.1. The van der Waals surface area contributed by atoms with Gasteiger partial charge in [0.15, 0.2) is 0 Å². The van der Waals surface area contributed by atoms with Crippen molar-refractivity contribution >= 4 is 22.8 Å². The zero-order valence-electron chi connectivity index (χ0n) is 19.1. The van der Waals surface area contributed by atoms with Crippen molar-refractivity contribution in [1.82, 2.24) is 19.7 Å². The number of hydrogen-bond donors (Lipinski definition) is 1. The minimum atomic E-state index is -0.683. The van der Waals surface area contributed by atoms with E-state index >= 15 is 0 Å². The molecule has 1 aliphatic carbocycles. The minimum Gasteiger partial charge on any atom is -0.357 e. The van der Waals surface area contributed by atoms with Crippen LogP contribution in [0.2, 0.25) is 0 Å². The molecule has 3 amide bonds. The van der Waals surface area contributed by atoms with Gasteiger partial charge in [0.1, 0.15) is 5.54 Å². The molecule has 6 rings (SSSR count). The van der Waals surface area contributed by atoms with Crippen molar-refractivity contribution in [1.29, 1.82) is 0 Å². The first-order valence-electron chi connectivity index (χ1n) is 12.1. The molecule has 0 bridgehead atoms. The van der Waals surface area contributed by atoms with Crippen molar-refractivity contribution in [3.63, 3.8) is 0 Å². The molecule has 0 radical (unpaired) electrons. The van der Waals surface area contributed by atoms with Gasteiger partial charge in [-0.3, -0.25) is 14.6 Å². The van der Waals surface area contributed by atoms with E-state index in [4.69, 9.17) is 0 Å². The lowest BCUT2D eigenvalue weighted by Gasteiger charge is -2.41. The molecule has 2 fully saturated rings. The second-order valence-electron chi connectivity index (χ2n) is 9.72. The van der Waals surface area contributed by atoms with Crippen molar-refractivity contribution in [2.45, 2.75) is 50.7 Å². The molecule has 2 saturated heterocycles. The molecule has 1 N–H and O–H groups in total. The smallest absolute Gasteiger partial charge is 0.327 e. The summed E-state index contributed by atoms with van der Waals surface area (Å²) in [5.41, 5.74) is 4.19. The highest BCUT2D eigenvalue weighted by Crippen LogP contribution is 2.40. The number of para-hydroxylation sites is 1.